The Bertz CT molecular complexity index is 334. The van der Waals surface area contributed by atoms with Crippen LogP contribution in [0.1, 0.15) is 51.5 Å². The van der Waals surface area contributed by atoms with Gasteiger partial charge in [0.25, 0.3) is 0 Å². The molecule has 0 aliphatic carbocycles. The third-order valence-electron chi connectivity index (χ3n) is 3.28. The second kappa shape index (κ2) is 8.49. The van der Waals surface area contributed by atoms with Gasteiger partial charge in [0.1, 0.15) is 5.82 Å². The van der Waals surface area contributed by atoms with E-state index in [4.69, 9.17) is 11.6 Å². The maximum absolute atomic E-state index is 13.6. The van der Waals surface area contributed by atoms with E-state index in [2.05, 4.69) is 19.2 Å². The van der Waals surface area contributed by atoms with Gasteiger partial charge in [-0.05, 0) is 25.0 Å². The lowest BCUT2D eigenvalue weighted by Gasteiger charge is -2.17. The molecule has 0 aliphatic heterocycles. The van der Waals surface area contributed by atoms with E-state index in [0.29, 0.717) is 23.2 Å². The molecule has 0 aromatic heterocycles. The molecule has 1 N–H and O–H groups in total. The summed E-state index contributed by atoms with van der Waals surface area (Å²) in [5.74, 6) is -0.224. The van der Waals surface area contributed by atoms with E-state index in [1.54, 1.807) is 12.1 Å². The van der Waals surface area contributed by atoms with E-state index in [1.807, 2.05) is 0 Å². The van der Waals surface area contributed by atoms with Gasteiger partial charge in [-0.1, -0.05) is 50.8 Å². The average Bonchev–Trinajstić information content (AvgIpc) is 2.36. The van der Waals surface area contributed by atoms with Crippen molar-refractivity contribution in [1.82, 2.24) is 5.32 Å². The lowest BCUT2D eigenvalue weighted by atomic mass is 10.1. The molecule has 0 bridgehead atoms. The Balaban J connectivity index is 2.47. The summed E-state index contributed by atoms with van der Waals surface area (Å²) in [7, 11) is 0. The van der Waals surface area contributed by atoms with Gasteiger partial charge in [-0.3, -0.25) is 0 Å². The van der Waals surface area contributed by atoms with Crippen molar-refractivity contribution < 1.29 is 4.39 Å². The first-order chi connectivity index (χ1) is 8.69. The zero-order valence-corrected chi connectivity index (χ0v) is 12.1. The monoisotopic (exact) mass is 271 g/mol. The molecule has 0 saturated carbocycles. The van der Waals surface area contributed by atoms with Crippen LogP contribution in [-0.2, 0) is 6.54 Å². The molecule has 0 fully saturated rings. The highest BCUT2D eigenvalue weighted by atomic mass is 35.5. The first kappa shape index (κ1) is 15.5. The zero-order chi connectivity index (χ0) is 13.4. The summed E-state index contributed by atoms with van der Waals surface area (Å²) >= 11 is 6.00. The fourth-order valence-electron chi connectivity index (χ4n) is 2.04. The third kappa shape index (κ3) is 4.95. The van der Waals surface area contributed by atoms with Gasteiger partial charge in [0.05, 0.1) is 0 Å². The number of halogens is 2. The summed E-state index contributed by atoms with van der Waals surface area (Å²) in [5.41, 5.74) is 0.577. The molecule has 0 saturated heterocycles. The maximum Gasteiger partial charge on any atom is 0.129 e. The van der Waals surface area contributed by atoms with Crippen LogP contribution >= 0.6 is 11.6 Å². The van der Waals surface area contributed by atoms with E-state index in [1.165, 1.54) is 25.3 Å². The summed E-state index contributed by atoms with van der Waals surface area (Å²) in [5, 5.41) is 3.91. The summed E-state index contributed by atoms with van der Waals surface area (Å²) in [6, 6.07) is 5.28. The van der Waals surface area contributed by atoms with Crippen LogP contribution in [0, 0.1) is 5.82 Å². The SMILES string of the molecule is CCCCCC(CC)NCc1c(F)cccc1Cl. The fourth-order valence-corrected chi connectivity index (χ4v) is 2.27. The van der Waals surface area contributed by atoms with Crippen LogP contribution in [0.4, 0.5) is 4.39 Å². The molecule has 1 rings (SSSR count). The van der Waals surface area contributed by atoms with Crippen molar-refractivity contribution in [3.63, 3.8) is 0 Å². The van der Waals surface area contributed by atoms with Crippen LogP contribution in [0.5, 0.6) is 0 Å². The van der Waals surface area contributed by atoms with Gasteiger partial charge in [-0.25, -0.2) is 4.39 Å². The average molecular weight is 272 g/mol. The molecule has 0 radical (unpaired) electrons. The van der Waals surface area contributed by atoms with Crippen LogP contribution in [-0.4, -0.2) is 6.04 Å². The van der Waals surface area contributed by atoms with E-state index < -0.39 is 0 Å². The largest absolute Gasteiger partial charge is 0.310 e. The van der Waals surface area contributed by atoms with Crippen molar-refractivity contribution >= 4 is 11.6 Å². The van der Waals surface area contributed by atoms with E-state index >= 15 is 0 Å². The standard InChI is InChI=1S/C15H23ClFN/c1-3-5-6-8-12(4-2)18-11-13-14(16)9-7-10-15(13)17/h7,9-10,12,18H,3-6,8,11H2,1-2H3. The predicted molar refractivity (Wildman–Crippen MR) is 76.5 cm³/mol. The molecule has 1 atom stereocenters. The minimum absolute atomic E-state index is 0.224. The van der Waals surface area contributed by atoms with Crippen LogP contribution < -0.4 is 5.32 Å². The second-order valence-electron chi connectivity index (χ2n) is 4.68. The molecule has 0 amide bonds. The topological polar surface area (TPSA) is 12.0 Å². The Morgan fingerprint density at radius 2 is 2.06 bits per heavy atom. The van der Waals surface area contributed by atoms with E-state index in [9.17, 15) is 4.39 Å². The van der Waals surface area contributed by atoms with Crippen molar-refractivity contribution in [2.24, 2.45) is 0 Å². The minimum atomic E-state index is -0.224. The molecule has 3 heteroatoms. The van der Waals surface area contributed by atoms with Crippen LogP contribution in [0.3, 0.4) is 0 Å². The van der Waals surface area contributed by atoms with Gasteiger partial charge < -0.3 is 5.32 Å². The highest BCUT2D eigenvalue weighted by molar-refractivity contribution is 6.31. The van der Waals surface area contributed by atoms with Gasteiger partial charge in [0.2, 0.25) is 0 Å². The van der Waals surface area contributed by atoms with E-state index in [-0.39, 0.29) is 5.82 Å². The van der Waals surface area contributed by atoms with Crippen molar-refractivity contribution in [1.29, 1.82) is 0 Å². The molecular formula is C15H23ClFN. The highest BCUT2D eigenvalue weighted by Crippen LogP contribution is 2.19. The Labute approximate surface area is 115 Å². The Morgan fingerprint density at radius 3 is 2.67 bits per heavy atom. The Hall–Kier alpha value is -0.600. The molecule has 1 nitrogen and oxygen atoms in total. The predicted octanol–water partition coefficient (Wildman–Crippen LogP) is 4.93. The number of rotatable bonds is 8. The number of nitrogens with one attached hydrogen (secondary N) is 1. The second-order valence-corrected chi connectivity index (χ2v) is 5.09. The molecule has 0 heterocycles. The van der Waals surface area contributed by atoms with Crippen molar-refractivity contribution in [2.75, 3.05) is 0 Å². The van der Waals surface area contributed by atoms with Gasteiger partial charge in [-0.2, -0.15) is 0 Å². The van der Waals surface area contributed by atoms with Crippen LogP contribution in [0.15, 0.2) is 18.2 Å². The molecule has 1 unspecified atom stereocenters. The highest BCUT2D eigenvalue weighted by Gasteiger charge is 2.10. The normalized spacial score (nSPS) is 12.7. The summed E-state index contributed by atoms with van der Waals surface area (Å²) < 4.78 is 13.6. The lowest BCUT2D eigenvalue weighted by Crippen LogP contribution is -2.28. The van der Waals surface area contributed by atoms with E-state index in [0.717, 1.165) is 12.8 Å². The van der Waals surface area contributed by atoms with Gasteiger partial charge in [0.15, 0.2) is 0 Å². The molecule has 0 spiro atoms. The molecular weight excluding hydrogens is 249 g/mol. The van der Waals surface area contributed by atoms with Crippen LogP contribution in [0.25, 0.3) is 0 Å². The van der Waals surface area contributed by atoms with Crippen molar-refractivity contribution in [3.8, 4) is 0 Å². The summed E-state index contributed by atoms with van der Waals surface area (Å²) in [4.78, 5) is 0. The zero-order valence-electron chi connectivity index (χ0n) is 11.3. The summed E-state index contributed by atoms with van der Waals surface area (Å²) in [6.45, 7) is 4.87. The fraction of sp³-hybridized carbons (Fsp3) is 0.600. The van der Waals surface area contributed by atoms with Gasteiger partial charge in [0, 0.05) is 23.2 Å². The molecule has 1 aromatic carbocycles. The first-order valence-electron chi connectivity index (χ1n) is 6.85. The van der Waals surface area contributed by atoms with Crippen molar-refractivity contribution in [2.45, 2.75) is 58.5 Å². The molecule has 102 valence electrons. The van der Waals surface area contributed by atoms with Gasteiger partial charge >= 0.3 is 0 Å². The lowest BCUT2D eigenvalue weighted by molar-refractivity contribution is 0.441. The minimum Gasteiger partial charge on any atom is -0.310 e. The molecule has 18 heavy (non-hydrogen) atoms. The quantitative estimate of drug-likeness (QED) is 0.661. The Kier molecular flexibility index (Phi) is 7.29. The van der Waals surface area contributed by atoms with Gasteiger partial charge in [-0.15, -0.1) is 0 Å². The number of hydrogen-bond donors (Lipinski definition) is 1. The molecule has 1 aromatic rings. The number of unbranched alkanes of at least 4 members (excludes halogenated alkanes) is 2. The molecule has 0 aliphatic rings. The maximum atomic E-state index is 13.6. The van der Waals surface area contributed by atoms with Crippen LogP contribution in [0.2, 0.25) is 5.02 Å². The first-order valence-corrected chi connectivity index (χ1v) is 7.23. The number of benzene rings is 1. The third-order valence-corrected chi connectivity index (χ3v) is 3.63. The van der Waals surface area contributed by atoms with Crippen molar-refractivity contribution in [3.05, 3.63) is 34.6 Å². The number of hydrogen-bond acceptors (Lipinski definition) is 1. The Morgan fingerprint density at radius 1 is 1.28 bits per heavy atom. The smallest absolute Gasteiger partial charge is 0.129 e. The summed E-state index contributed by atoms with van der Waals surface area (Å²) in [6.07, 6.45) is 5.94.